The Bertz CT molecular complexity index is 1030. The van der Waals surface area contributed by atoms with Gasteiger partial charge in [-0.25, -0.2) is 14.6 Å². The van der Waals surface area contributed by atoms with E-state index < -0.39 is 17.3 Å². The first-order chi connectivity index (χ1) is 14.3. The SMILES string of the molecule is CCOC(=O)C(=O)N1CCC2(C1)CN(C(=O)Nc1ncc(Cl)s1)c1ccc(Cl)cc12. The predicted octanol–water partition coefficient (Wildman–Crippen LogP) is 3.54. The highest BCUT2D eigenvalue weighted by atomic mass is 35.5. The van der Waals surface area contributed by atoms with Crippen LogP contribution >= 0.6 is 34.5 Å². The number of benzene rings is 1. The monoisotopic (exact) mass is 468 g/mol. The van der Waals surface area contributed by atoms with Crippen molar-refractivity contribution in [3.63, 3.8) is 0 Å². The standard InChI is InChI=1S/C19H18Cl2N4O4S/c1-2-29-16(27)15(26)24-6-5-19(9-24)10-25(13-4-3-11(20)7-12(13)19)18(28)23-17-22-8-14(21)30-17/h3-4,7-8H,2,5-6,9-10H2,1H3,(H,22,23,28). The average Bonchev–Trinajstić information content (AvgIpc) is 3.40. The van der Waals surface area contributed by atoms with Crippen molar-refractivity contribution in [3.05, 3.63) is 39.3 Å². The molecule has 1 aromatic carbocycles. The number of anilines is 2. The molecule has 2 aromatic rings. The maximum Gasteiger partial charge on any atom is 0.397 e. The number of carbonyl (C=O) groups is 3. The normalized spacial score (nSPS) is 19.8. The van der Waals surface area contributed by atoms with Crippen LogP contribution in [0.4, 0.5) is 15.6 Å². The zero-order chi connectivity index (χ0) is 21.5. The highest BCUT2D eigenvalue weighted by Crippen LogP contribution is 2.47. The lowest BCUT2D eigenvalue weighted by Crippen LogP contribution is -2.43. The number of rotatable bonds is 2. The Morgan fingerprint density at radius 2 is 2.10 bits per heavy atom. The Hall–Kier alpha value is -2.36. The molecular formula is C19H18Cl2N4O4S. The third-order valence-corrected chi connectivity index (χ3v) is 6.57. The summed E-state index contributed by atoms with van der Waals surface area (Å²) in [6.07, 6.45) is 2.06. The molecule has 1 N–H and O–H groups in total. The Morgan fingerprint density at radius 1 is 1.30 bits per heavy atom. The van der Waals surface area contributed by atoms with Gasteiger partial charge in [-0.2, -0.15) is 0 Å². The first-order valence-electron chi connectivity index (χ1n) is 9.29. The van der Waals surface area contributed by atoms with Crippen molar-refractivity contribution < 1.29 is 19.1 Å². The van der Waals surface area contributed by atoms with E-state index in [1.54, 1.807) is 24.0 Å². The third-order valence-electron chi connectivity index (χ3n) is 5.31. The molecule has 1 saturated heterocycles. The molecule has 30 heavy (non-hydrogen) atoms. The number of likely N-dealkylation sites (tertiary alicyclic amines) is 1. The van der Waals surface area contributed by atoms with Crippen molar-refractivity contribution in [1.29, 1.82) is 0 Å². The van der Waals surface area contributed by atoms with Gasteiger partial charge in [0.15, 0.2) is 5.13 Å². The van der Waals surface area contributed by atoms with Crippen LogP contribution in [-0.4, -0.2) is 54.0 Å². The van der Waals surface area contributed by atoms with Gasteiger partial charge in [0.05, 0.1) is 12.8 Å². The summed E-state index contributed by atoms with van der Waals surface area (Å²) in [4.78, 5) is 44.4. The minimum absolute atomic E-state index is 0.136. The van der Waals surface area contributed by atoms with Crippen LogP contribution in [0.2, 0.25) is 9.36 Å². The number of nitrogens with zero attached hydrogens (tertiary/aromatic N) is 3. The number of aromatic nitrogens is 1. The molecule has 0 radical (unpaired) electrons. The molecule has 2 aliphatic rings. The molecule has 11 heteroatoms. The number of hydrogen-bond donors (Lipinski definition) is 1. The lowest BCUT2D eigenvalue weighted by Gasteiger charge is -2.25. The van der Waals surface area contributed by atoms with Gasteiger partial charge in [-0.1, -0.05) is 34.5 Å². The minimum Gasteiger partial charge on any atom is -0.459 e. The van der Waals surface area contributed by atoms with Gasteiger partial charge < -0.3 is 9.64 Å². The van der Waals surface area contributed by atoms with E-state index in [1.165, 1.54) is 11.1 Å². The third kappa shape index (κ3) is 3.73. The topological polar surface area (TPSA) is 91.8 Å². The van der Waals surface area contributed by atoms with E-state index in [9.17, 15) is 14.4 Å². The maximum atomic E-state index is 13.0. The number of carbonyl (C=O) groups excluding carboxylic acids is 3. The molecule has 1 aromatic heterocycles. The van der Waals surface area contributed by atoms with Gasteiger partial charge in [-0.15, -0.1) is 0 Å². The summed E-state index contributed by atoms with van der Waals surface area (Å²) < 4.78 is 5.31. The van der Waals surface area contributed by atoms with E-state index in [2.05, 4.69) is 10.3 Å². The maximum absolute atomic E-state index is 13.0. The van der Waals surface area contributed by atoms with Crippen LogP contribution in [0.1, 0.15) is 18.9 Å². The number of nitrogens with one attached hydrogen (secondary N) is 1. The predicted molar refractivity (Wildman–Crippen MR) is 114 cm³/mol. The molecule has 0 saturated carbocycles. The summed E-state index contributed by atoms with van der Waals surface area (Å²) in [7, 11) is 0. The van der Waals surface area contributed by atoms with Crippen LogP contribution in [0.15, 0.2) is 24.4 Å². The van der Waals surface area contributed by atoms with Gasteiger partial charge in [0.1, 0.15) is 4.34 Å². The van der Waals surface area contributed by atoms with E-state index >= 15 is 0 Å². The molecule has 0 bridgehead atoms. The van der Waals surface area contributed by atoms with Gasteiger partial charge in [0.2, 0.25) is 0 Å². The van der Waals surface area contributed by atoms with Crippen molar-refractivity contribution in [2.75, 3.05) is 36.5 Å². The Kier molecular flexibility index (Phi) is 5.61. The Balaban J connectivity index is 1.60. The largest absolute Gasteiger partial charge is 0.459 e. The summed E-state index contributed by atoms with van der Waals surface area (Å²) in [5, 5.41) is 3.69. The smallest absolute Gasteiger partial charge is 0.397 e. The van der Waals surface area contributed by atoms with Crippen molar-refractivity contribution in [3.8, 4) is 0 Å². The van der Waals surface area contributed by atoms with Gasteiger partial charge >= 0.3 is 17.9 Å². The lowest BCUT2D eigenvalue weighted by atomic mass is 9.81. The van der Waals surface area contributed by atoms with E-state index in [1.807, 2.05) is 6.07 Å². The van der Waals surface area contributed by atoms with E-state index in [4.69, 9.17) is 27.9 Å². The summed E-state index contributed by atoms with van der Waals surface area (Å²) >= 11 is 13.3. The highest BCUT2D eigenvalue weighted by Gasteiger charge is 2.50. The van der Waals surface area contributed by atoms with Crippen LogP contribution in [0.25, 0.3) is 0 Å². The van der Waals surface area contributed by atoms with Crippen molar-refractivity contribution in [2.24, 2.45) is 0 Å². The van der Waals surface area contributed by atoms with Gasteiger partial charge in [-0.3, -0.25) is 15.0 Å². The fourth-order valence-electron chi connectivity index (χ4n) is 4.01. The number of thiazole rings is 1. The minimum atomic E-state index is -0.867. The summed E-state index contributed by atoms with van der Waals surface area (Å²) in [5.74, 6) is -1.54. The average molecular weight is 469 g/mol. The fourth-order valence-corrected chi connectivity index (χ4v) is 4.98. The molecule has 1 fully saturated rings. The molecular weight excluding hydrogens is 451 g/mol. The van der Waals surface area contributed by atoms with Crippen LogP contribution in [0, 0.1) is 0 Å². The van der Waals surface area contributed by atoms with Crippen molar-refractivity contribution in [1.82, 2.24) is 9.88 Å². The zero-order valence-corrected chi connectivity index (χ0v) is 18.3. The number of urea groups is 1. The molecule has 3 amide bonds. The second-order valence-corrected chi connectivity index (χ2v) is 9.22. The van der Waals surface area contributed by atoms with Crippen LogP contribution in [0.3, 0.4) is 0 Å². The fraction of sp³-hybridized carbons (Fsp3) is 0.368. The van der Waals surface area contributed by atoms with Gasteiger partial charge in [0, 0.05) is 35.8 Å². The molecule has 158 valence electrons. The number of hydrogen-bond acceptors (Lipinski definition) is 6. The van der Waals surface area contributed by atoms with E-state index in [0.717, 1.165) is 16.9 Å². The van der Waals surface area contributed by atoms with Gasteiger partial charge in [0.25, 0.3) is 0 Å². The Labute approximate surface area is 186 Å². The van der Waals surface area contributed by atoms with E-state index in [0.29, 0.717) is 46.2 Å². The zero-order valence-electron chi connectivity index (χ0n) is 16.0. The van der Waals surface area contributed by atoms with Crippen molar-refractivity contribution in [2.45, 2.75) is 18.8 Å². The highest BCUT2D eigenvalue weighted by molar-refractivity contribution is 7.19. The molecule has 1 spiro atoms. The van der Waals surface area contributed by atoms with Crippen LogP contribution < -0.4 is 10.2 Å². The quantitative estimate of drug-likeness (QED) is 0.537. The first-order valence-corrected chi connectivity index (χ1v) is 10.9. The number of ether oxygens (including phenoxy) is 1. The van der Waals surface area contributed by atoms with Crippen LogP contribution in [-0.2, 0) is 19.7 Å². The number of fused-ring (bicyclic) bond motifs is 2. The van der Waals surface area contributed by atoms with Crippen molar-refractivity contribution >= 4 is 63.3 Å². The molecule has 4 rings (SSSR count). The molecule has 1 unspecified atom stereocenters. The van der Waals surface area contributed by atoms with E-state index in [-0.39, 0.29) is 12.6 Å². The van der Waals surface area contributed by atoms with Gasteiger partial charge in [-0.05, 0) is 37.1 Å². The summed E-state index contributed by atoms with van der Waals surface area (Å²) in [5.41, 5.74) is 1.08. The second-order valence-electron chi connectivity index (χ2n) is 7.12. The summed E-state index contributed by atoms with van der Waals surface area (Å²) in [6, 6.07) is 4.98. The number of amides is 3. The molecule has 0 aliphatic carbocycles. The van der Waals surface area contributed by atoms with Crippen LogP contribution in [0.5, 0.6) is 0 Å². The second kappa shape index (κ2) is 8.05. The molecule has 3 heterocycles. The first kappa shape index (κ1) is 20.9. The molecule has 8 nitrogen and oxygen atoms in total. The molecule has 2 aliphatic heterocycles. The number of esters is 1. The molecule has 1 atom stereocenters. The lowest BCUT2D eigenvalue weighted by molar-refractivity contribution is -0.159. The number of halogens is 2. The Morgan fingerprint density at radius 3 is 2.80 bits per heavy atom. The summed E-state index contributed by atoms with van der Waals surface area (Å²) in [6.45, 7) is 2.82.